The zero-order valence-electron chi connectivity index (χ0n) is 13.1. The van der Waals surface area contributed by atoms with Gasteiger partial charge >= 0.3 is 0 Å². The summed E-state index contributed by atoms with van der Waals surface area (Å²) in [4.78, 5) is 22.5. The number of rotatable bonds is 5. The molecule has 6 heteroatoms. The molecular formula is C15H25N5O. The minimum atomic E-state index is -0.343. The summed E-state index contributed by atoms with van der Waals surface area (Å²) in [6.45, 7) is 6.14. The average molecular weight is 291 g/mol. The van der Waals surface area contributed by atoms with E-state index in [1.807, 2.05) is 25.7 Å². The number of nitrogen functional groups attached to an aromatic ring is 1. The van der Waals surface area contributed by atoms with Gasteiger partial charge in [-0.1, -0.05) is 26.7 Å². The Morgan fingerprint density at radius 2 is 1.95 bits per heavy atom. The quantitative estimate of drug-likeness (QED) is 0.860. The summed E-state index contributed by atoms with van der Waals surface area (Å²) in [5, 5.41) is 0. The van der Waals surface area contributed by atoms with E-state index in [4.69, 9.17) is 11.5 Å². The fourth-order valence-corrected chi connectivity index (χ4v) is 2.84. The number of nitrogens with zero attached hydrogens (tertiary/aromatic N) is 3. The van der Waals surface area contributed by atoms with E-state index in [1.165, 1.54) is 12.8 Å². The van der Waals surface area contributed by atoms with Gasteiger partial charge in [0.05, 0.1) is 6.54 Å². The van der Waals surface area contributed by atoms with E-state index in [0.29, 0.717) is 17.7 Å². The van der Waals surface area contributed by atoms with Crippen LogP contribution < -0.4 is 16.4 Å². The monoisotopic (exact) mass is 291 g/mol. The largest absolute Gasteiger partial charge is 0.383 e. The lowest BCUT2D eigenvalue weighted by Gasteiger charge is -2.30. The Hall–Kier alpha value is -1.85. The summed E-state index contributed by atoms with van der Waals surface area (Å²) >= 11 is 0. The predicted molar refractivity (Wildman–Crippen MR) is 84.1 cm³/mol. The number of nitrogens with two attached hydrogens (primary N) is 2. The first-order valence-corrected chi connectivity index (χ1v) is 7.59. The molecule has 1 aliphatic carbocycles. The number of aromatic nitrogens is 2. The molecule has 0 aliphatic heterocycles. The van der Waals surface area contributed by atoms with Gasteiger partial charge < -0.3 is 16.4 Å². The van der Waals surface area contributed by atoms with Crippen molar-refractivity contribution in [2.75, 3.05) is 17.2 Å². The standard InChI is InChI=1S/C15H25N5O/c1-9(2)14-18-13(17)10(3)15(19-14)20(8-12(16)21)11-6-4-5-7-11/h9,11H,4-8H2,1-3H3,(H2,16,21)(H2,17,18,19). The van der Waals surface area contributed by atoms with Gasteiger partial charge in [0, 0.05) is 17.5 Å². The molecule has 116 valence electrons. The summed E-state index contributed by atoms with van der Waals surface area (Å²) in [6, 6.07) is 0.311. The minimum absolute atomic E-state index is 0.180. The van der Waals surface area contributed by atoms with Crippen molar-refractivity contribution >= 4 is 17.5 Å². The summed E-state index contributed by atoms with van der Waals surface area (Å²) < 4.78 is 0. The van der Waals surface area contributed by atoms with Gasteiger partial charge in [0.15, 0.2) is 0 Å². The van der Waals surface area contributed by atoms with Gasteiger partial charge in [0.25, 0.3) is 0 Å². The third-order valence-electron chi connectivity index (χ3n) is 4.06. The van der Waals surface area contributed by atoms with Gasteiger partial charge in [-0.15, -0.1) is 0 Å². The Kier molecular flexibility index (Phi) is 4.65. The van der Waals surface area contributed by atoms with Gasteiger partial charge in [-0.25, -0.2) is 9.97 Å². The van der Waals surface area contributed by atoms with E-state index in [1.54, 1.807) is 0 Å². The molecule has 0 unspecified atom stereocenters. The molecule has 1 aromatic rings. The lowest BCUT2D eigenvalue weighted by atomic mass is 10.1. The van der Waals surface area contributed by atoms with Gasteiger partial charge in [-0.3, -0.25) is 4.79 Å². The predicted octanol–water partition coefficient (Wildman–Crippen LogP) is 1.72. The van der Waals surface area contributed by atoms with E-state index in [2.05, 4.69) is 9.97 Å². The number of primary amides is 1. The van der Waals surface area contributed by atoms with Crippen LogP contribution in [0.5, 0.6) is 0 Å². The molecule has 1 saturated carbocycles. The maximum absolute atomic E-state index is 11.5. The molecule has 1 aliphatic rings. The van der Waals surface area contributed by atoms with E-state index < -0.39 is 0 Å². The molecule has 4 N–H and O–H groups in total. The summed E-state index contributed by atoms with van der Waals surface area (Å²) in [7, 11) is 0. The fraction of sp³-hybridized carbons (Fsp3) is 0.667. The Morgan fingerprint density at radius 3 is 2.48 bits per heavy atom. The highest BCUT2D eigenvalue weighted by atomic mass is 16.1. The zero-order valence-corrected chi connectivity index (χ0v) is 13.1. The van der Waals surface area contributed by atoms with Crippen molar-refractivity contribution in [1.29, 1.82) is 0 Å². The Labute approximate surface area is 125 Å². The van der Waals surface area contributed by atoms with Gasteiger partial charge in [0.1, 0.15) is 17.5 Å². The maximum atomic E-state index is 11.5. The Morgan fingerprint density at radius 1 is 1.33 bits per heavy atom. The molecule has 1 amide bonds. The highest BCUT2D eigenvalue weighted by molar-refractivity contribution is 5.80. The molecule has 21 heavy (non-hydrogen) atoms. The normalized spacial score (nSPS) is 15.6. The number of carbonyl (C=O) groups excluding carboxylic acids is 1. The van der Waals surface area contributed by atoms with E-state index in [0.717, 1.165) is 24.2 Å². The highest BCUT2D eigenvalue weighted by Gasteiger charge is 2.27. The molecule has 1 aromatic heterocycles. The van der Waals surface area contributed by atoms with Gasteiger partial charge in [-0.2, -0.15) is 0 Å². The van der Waals surface area contributed by atoms with Crippen molar-refractivity contribution in [3.8, 4) is 0 Å². The molecule has 0 radical (unpaired) electrons. The maximum Gasteiger partial charge on any atom is 0.237 e. The molecule has 0 atom stereocenters. The van der Waals surface area contributed by atoms with Crippen LogP contribution in [0.4, 0.5) is 11.6 Å². The lowest BCUT2D eigenvalue weighted by molar-refractivity contribution is -0.116. The van der Waals surface area contributed by atoms with Crippen LogP contribution in [-0.4, -0.2) is 28.5 Å². The second-order valence-electron chi connectivity index (χ2n) is 6.10. The summed E-state index contributed by atoms with van der Waals surface area (Å²) in [5.41, 5.74) is 12.3. The molecule has 0 saturated heterocycles. The second-order valence-corrected chi connectivity index (χ2v) is 6.10. The topological polar surface area (TPSA) is 98.1 Å². The van der Waals surface area contributed by atoms with E-state index in [9.17, 15) is 4.79 Å². The van der Waals surface area contributed by atoms with Crippen LogP contribution in [0, 0.1) is 6.92 Å². The van der Waals surface area contributed by atoms with Crippen LogP contribution in [0.3, 0.4) is 0 Å². The van der Waals surface area contributed by atoms with Crippen molar-refractivity contribution < 1.29 is 4.79 Å². The van der Waals surface area contributed by atoms with Crippen LogP contribution >= 0.6 is 0 Å². The third kappa shape index (κ3) is 3.43. The lowest BCUT2D eigenvalue weighted by Crippen LogP contribution is -2.41. The van der Waals surface area contributed by atoms with Crippen molar-refractivity contribution in [3.63, 3.8) is 0 Å². The van der Waals surface area contributed by atoms with Crippen molar-refractivity contribution in [2.45, 2.75) is 58.4 Å². The smallest absolute Gasteiger partial charge is 0.237 e. The highest BCUT2D eigenvalue weighted by Crippen LogP contribution is 2.31. The molecule has 1 fully saturated rings. The average Bonchev–Trinajstić information content (AvgIpc) is 2.92. The molecule has 6 nitrogen and oxygen atoms in total. The van der Waals surface area contributed by atoms with Crippen LogP contribution in [-0.2, 0) is 4.79 Å². The Bertz CT molecular complexity index is 523. The van der Waals surface area contributed by atoms with Gasteiger partial charge in [-0.05, 0) is 19.8 Å². The number of carbonyl (C=O) groups is 1. The first-order chi connectivity index (χ1) is 9.90. The first-order valence-electron chi connectivity index (χ1n) is 7.59. The van der Waals surface area contributed by atoms with Crippen LogP contribution in [0.2, 0.25) is 0 Å². The van der Waals surface area contributed by atoms with E-state index >= 15 is 0 Å². The molecular weight excluding hydrogens is 266 g/mol. The number of hydrogen-bond acceptors (Lipinski definition) is 5. The minimum Gasteiger partial charge on any atom is -0.383 e. The van der Waals surface area contributed by atoms with Crippen molar-refractivity contribution in [2.24, 2.45) is 5.73 Å². The molecule has 1 heterocycles. The number of anilines is 2. The van der Waals surface area contributed by atoms with E-state index in [-0.39, 0.29) is 18.4 Å². The third-order valence-corrected chi connectivity index (χ3v) is 4.06. The summed E-state index contributed by atoms with van der Waals surface area (Å²) in [6.07, 6.45) is 4.48. The van der Waals surface area contributed by atoms with Crippen LogP contribution in [0.1, 0.15) is 56.8 Å². The second kappa shape index (κ2) is 6.28. The first kappa shape index (κ1) is 15.5. The van der Waals surface area contributed by atoms with Crippen molar-refractivity contribution in [3.05, 3.63) is 11.4 Å². The van der Waals surface area contributed by atoms with Crippen molar-refractivity contribution in [1.82, 2.24) is 9.97 Å². The molecule has 0 aromatic carbocycles. The number of hydrogen-bond donors (Lipinski definition) is 2. The fourth-order valence-electron chi connectivity index (χ4n) is 2.84. The molecule has 0 bridgehead atoms. The Balaban J connectivity index is 2.44. The number of amides is 1. The molecule has 0 spiro atoms. The zero-order chi connectivity index (χ0) is 15.6. The van der Waals surface area contributed by atoms with Crippen LogP contribution in [0.25, 0.3) is 0 Å². The SMILES string of the molecule is Cc1c(N)nc(C(C)C)nc1N(CC(N)=O)C1CCCC1. The van der Waals surface area contributed by atoms with Gasteiger partial charge in [0.2, 0.25) is 5.91 Å². The summed E-state index contributed by atoms with van der Waals surface area (Å²) in [5.74, 6) is 1.80. The van der Waals surface area contributed by atoms with Crippen LogP contribution in [0.15, 0.2) is 0 Å². The molecule has 2 rings (SSSR count).